The SMILES string of the molecule is CC1(C)Cc2cccc(OCC(=O)OC/C(O)=C(\C#N)c3nc4ccccc4[nH]3)c2O1. The van der Waals surface area contributed by atoms with Crippen LogP contribution in [-0.4, -0.2) is 39.9 Å². The van der Waals surface area contributed by atoms with E-state index in [1.165, 1.54) is 0 Å². The number of carbonyl (C=O) groups excluding carboxylic acids is 1. The van der Waals surface area contributed by atoms with Gasteiger partial charge in [0, 0.05) is 12.0 Å². The third kappa shape index (κ3) is 4.31. The van der Waals surface area contributed by atoms with Crippen molar-refractivity contribution < 1.29 is 24.1 Å². The van der Waals surface area contributed by atoms with Crippen molar-refractivity contribution in [3.8, 4) is 17.6 Å². The van der Waals surface area contributed by atoms with Crippen LogP contribution in [-0.2, 0) is 16.0 Å². The highest BCUT2D eigenvalue weighted by atomic mass is 16.6. The van der Waals surface area contributed by atoms with Gasteiger partial charge in [-0.05, 0) is 32.0 Å². The van der Waals surface area contributed by atoms with E-state index < -0.39 is 18.3 Å². The molecule has 0 atom stereocenters. The molecule has 31 heavy (non-hydrogen) atoms. The van der Waals surface area contributed by atoms with Crippen molar-refractivity contribution in [3.63, 3.8) is 0 Å². The number of hydrogen-bond acceptors (Lipinski definition) is 7. The number of rotatable bonds is 6. The molecule has 0 unspecified atom stereocenters. The third-order valence-electron chi connectivity index (χ3n) is 4.80. The first-order chi connectivity index (χ1) is 14.9. The number of aromatic nitrogens is 2. The van der Waals surface area contributed by atoms with E-state index in [0.717, 1.165) is 17.5 Å². The fourth-order valence-corrected chi connectivity index (χ4v) is 3.43. The average molecular weight is 419 g/mol. The summed E-state index contributed by atoms with van der Waals surface area (Å²) in [6, 6.07) is 14.6. The van der Waals surface area contributed by atoms with Gasteiger partial charge in [-0.1, -0.05) is 24.3 Å². The van der Waals surface area contributed by atoms with Gasteiger partial charge in [0.1, 0.15) is 23.9 Å². The molecule has 1 aliphatic heterocycles. The molecule has 0 saturated heterocycles. The number of carbonyl (C=O) groups is 1. The molecule has 2 heterocycles. The van der Waals surface area contributed by atoms with Gasteiger partial charge in [-0.2, -0.15) is 5.26 Å². The lowest BCUT2D eigenvalue weighted by Gasteiger charge is -2.18. The molecule has 1 aromatic heterocycles. The maximum Gasteiger partial charge on any atom is 0.344 e. The summed E-state index contributed by atoms with van der Waals surface area (Å²) in [5.74, 6) is 0.191. The van der Waals surface area contributed by atoms with Crippen LogP contribution in [0.1, 0.15) is 25.2 Å². The number of para-hydroxylation sites is 3. The van der Waals surface area contributed by atoms with Crippen LogP contribution in [0.15, 0.2) is 48.2 Å². The molecule has 0 fully saturated rings. The van der Waals surface area contributed by atoms with Crippen LogP contribution in [0.5, 0.6) is 11.5 Å². The Kier molecular flexibility index (Phi) is 5.26. The van der Waals surface area contributed by atoms with Gasteiger partial charge in [0.2, 0.25) is 0 Å². The van der Waals surface area contributed by atoms with E-state index in [2.05, 4.69) is 9.97 Å². The van der Waals surface area contributed by atoms with E-state index in [-0.39, 0.29) is 23.6 Å². The number of imidazole rings is 1. The van der Waals surface area contributed by atoms with Crippen molar-refractivity contribution in [2.45, 2.75) is 25.9 Å². The maximum atomic E-state index is 12.1. The van der Waals surface area contributed by atoms with Crippen LogP contribution in [0.2, 0.25) is 0 Å². The number of allylic oxidation sites excluding steroid dienone is 1. The Morgan fingerprint density at radius 1 is 1.26 bits per heavy atom. The van der Waals surface area contributed by atoms with Crippen molar-refractivity contribution >= 4 is 22.6 Å². The normalized spacial score (nSPS) is 14.9. The molecule has 4 rings (SSSR count). The second-order valence-corrected chi connectivity index (χ2v) is 7.77. The Morgan fingerprint density at radius 2 is 2.06 bits per heavy atom. The summed E-state index contributed by atoms with van der Waals surface area (Å²) in [7, 11) is 0. The number of nitriles is 1. The Bertz CT molecular complexity index is 1190. The number of H-pyrrole nitrogens is 1. The second kappa shape index (κ2) is 8.03. The van der Waals surface area contributed by atoms with E-state index in [1.54, 1.807) is 18.2 Å². The highest BCUT2D eigenvalue weighted by Crippen LogP contribution is 2.41. The van der Waals surface area contributed by atoms with Crippen LogP contribution in [0.25, 0.3) is 16.6 Å². The molecule has 8 heteroatoms. The molecular weight excluding hydrogens is 398 g/mol. The molecule has 0 spiro atoms. The summed E-state index contributed by atoms with van der Waals surface area (Å²) in [6.45, 7) is 3.13. The fraction of sp³-hybridized carbons (Fsp3) is 0.261. The predicted octanol–water partition coefficient (Wildman–Crippen LogP) is 3.69. The first-order valence-corrected chi connectivity index (χ1v) is 9.73. The number of ether oxygens (including phenoxy) is 3. The lowest BCUT2D eigenvalue weighted by atomic mass is 10.0. The van der Waals surface area contributed by atoms with Crippen molar-refractivity contribution in [1.82, 2.24) is 9.97 Å². The number of aliphatic hydroxyl groups excluding tert-OH is 1. The summed E-state index contributed by atoms with van der Waals surface area (Å²) in [4.78, 5) is 19.3. The zero-order valence-corrected chi connectivity index (χ0v) is 17.1. The first kappa shape index (κ1) is 20.3. The summed E-state index contributed by atoms with van der Waals surface area (Å²) >= 11 is 0. The average Bonchev–Trinajstić information content (AvgIpc) is 3.30. The van der Waals surface area contributed by atoms with Crippen LogP contribution >= 0.6 is 0 Å². The van der Waals surface area contributed by atoms with Gasteiger partial charge in [-0.25, -0.2) is 9.78 Å². The number of hydrogen-bond donors (Lipinski definition) is 2. The lowest BCUT2D eigenvalue weighted by Crippen LogP contribution is -2.25. The molecule has 0 aliphatic carbocycles. The van der Waals surface area contributed by atoms with Crippen LogP contribution in [0, 0.1) is 11.3 Å². The van der Waals surface area contributed by atoms with E-state index in [1.807, 2.05) is 44.2 Å². The number of benzene rings is 2. The number of nitrogens with zero attached hydrogens (tertiary/aromatic N) is 2. The molecule has 0 amide bonds. The highest BCUT2D eigenvalue weighted by Gasteiger charge is 2.32. The first-order valence-electron chi connectivity index (χ1n) is 9.73. The molecule has 1 aliphatic rings. The zero-order valence-electron chi connectivity index (χ0n) is 17.1. The number of aliphatic hydroxyl groups is 1. The molecule has 0 radical (unpaired) electrons. The van der Waals surface area contributed by atoms with Gasteiger partial charge in [0.15, 0.2) is 29.7 Å². The lowest BCUT2D eigenvalue weighted by molar-refractivity contribution is -0.145. The Balaban J connectivity index is 1.39. The van der Waals surface area contributed by atoms with Crippen LogP contribution < -0.4 is 9.47 Å². The summed E-state index contributed by atoms with van der Waals surface area (Å²) in [6.07, 6.45) is 0.751. The zero-order chi connectivity index (χ0) is 22.0. The Morgan fingerprint density at radius 3 is 2.84 bits per heavy atom. The smallest absolute Gasteiger partial charge is 0.344 e. The van der Waals surface area contributed by atoms with Crippen LogP contribution in [0.4, 0.5) is 0 Å². The topological polar surface area (TPSA) is 117 Å². The van der Waals surface area contributed by atoms with Crippen molar-refractivity contribution in [3.05, 3.63) is 59.6 Å². The van der Waals surface area contributed by atoms with Crippen molar-refractivity contribution in [2.75, 3.05) is 13.2 Å². The molecule has 8 nitrogen and oxygen atoms in total. The molecule has 2 aromatic carbocycles. The molecular formula is C23H21N3O5. The molecule has 158 valence electrons. The van der Waals surface area contributed by atoms with E-state index >= 15 is 0 Å². The minimum absolute atomic E-state index is 0.0959. The molecule has 2 N–H and O–H groups in total. The number of esters is 1. The van der Waals surface area contributed by atoms with Crippen molar-refractivity contribution in [2.24, 2.45) is 0 Å². The third-order valence-corrected chi connectivity index (χ3v) is 4.80. The number of nitrogens with one attached hydrogen (secondary N) is 1. The predicted molar refractivity (Wildman–Crippen MR) is 113 cm³/mol. The Hall–Kier alpha value is -3.99. The number of fused-ring (bicyclic) bond motifs is 2. The van der Waals surface area contributed by atoms with E-state index in [9.17, 15) is 15.2 Å². The monoisotopic (exact) mass is 419 g/mol. The molecule has 3 aromatic rings. The van der Waals surface area contributed by atoms with Gasteiger partial charge in [-0.15, -0.1) is 0 Å². The van der Waals surface area contributed by atoms with Gasteiger partial charge in [0.25, 0.3) is 0 Å². The van der Waals surface area contributed by atoms with Gasteiger partial charge in [-0.3, -0.25) is 0 Å². The summed E-state index contributed by atoms with van der Waals surface area (Å²) < 4.78 is 16.5. The second-order valence-electron chi connectivity index (χ2n) is 7.77. The minimum atomic E-state index is -0.691. The maximum absolute atomic E-state index is 12.1. The largest absolute Gasteiger partial charge is 0.507 e. The van der Waals surface area contributed by atoms with Gasteiger partial charge < -0.3 is 24.3 Å². The quantitative estimate of drug-likeness (QED) is 0.355. The summed E-state index contributed by atoms with van der Waals surface area (Å²) in [5.41, 5.74) is 1.97. The fourth-order valence-electron chi connectivity index (χ4n) is 3.43. The summed E-state index contributed by atoms with van der Waals surface area (Å²) in [5, 5.41) is 19.7. The highest BCUT2D eigenvalue weighted by molar-refractivity contribution is 5.83. The Labute approximate surface area is 178 Å². The van der Waals surface area contributed by atoms with Crippen molar-refractivity contribution in [1.29, 1.82) is 5.26 Å². The van der Waals surface area contributed by atoms with E-state index in [0.29, 0.717) is 17.0 Å². The van der Waals surface area contributed by atoms with E-state index in [4.69, 9.17) is 14.2 Å². The molecule has 0 bridgehead atoms. The minimum Gasteiger partial charge on any atom is -0.507 e. The molecule has 0 saturated carbocycles. The van der Waals surface area contributed by atoms with Crippen LogP contribution in [0.3, 0.4) is 0 Å². The van der Waals surface area contributed by atoms with Gasteiger partial charge in [0.05, 0.1) is 11.0 Å². The van der Waals surface area contributed by atoms with Gasteiger partial charge >= 0.3 is 5.97 Å². The number of aromatic amines is 1. The standard InChI is InChI=1S/C23H21N3O5/c1-23(2)10-14-6-5-9-19(21(14)31-23)29-13-20(28)30-12-18(27)15(11-24)22-25-16-7-3-4-8-17(16)26-22/h3-9,27H,10,12-13H2,1-2H3,(H,25,26)/b18-15-.